The molecule has 1 heterocycles. The van der Waals surface area contributed by atoms with E-state index in [9.17, 15) is 14.4 Å². The SMILES string of the molecule is Cn1nc(NCCCCC(N)=O)c(=O)n(C)c1=O. The molecule has 100 valence electrons. The summed E-state index contributed by atoms with van der Waals surface area (Å²) in [5.41, 5.74) is 4.07. The number of carbonyl (C=O) groups excluding carboxylic acids is 1. The molecular weight excluding hydrogens is 238 g/mol. The van der Waals surface area contributed by atoms with E-state index in [1.807, 2.05) is 0 Å². The number of unbranched alkanes of at least 4 members (excludes halogenated alkanes) is 1. The van der Waals surface area contributed by atoms with E-state index in [1.165, 1.54) is 14.1 Å². The Bertz CT molecular complexity index is 545. The summed E-state index contributed by atoms with van der Waals surface area (Å²) in [6.07, 6.45) is 1.66. The van der Waals surface area contributed by atoms with E-state index in [1.54, 1.807) is 0 Å². The number of anilines is 1. The summed E-state index contributed by atoms with van der Waals surface area (Å²) in [6.45, 7) is 0.494. The molecule has 0 aliphatic rings. The zero-order valence-corrected chi connectivity index (χ0v) is 10.5. The van der Waals surface area contributed by atoms with Crippen molar-refractivity contribution in [1.29, 1.82) is 0 Å². The van der Waals surface area contributed by atoms with Gasteiger partial charge < -0.3 is 11.1 Å². The fourth-order valence-electron chi connectivity index (χ4n) is 1.44. The molecular formula is C10H17N5O3. The first-order valence-corrected chi connectivity index (χ1v) is 5.60. The van der Waals surface area contributed by atoms with Gasteiger partial charge in [0, 0.05) is 27.1 Å². The second-order valence-electron chi connectivity index (χ2n) is 3.97. The van der Waals surface area contributed by atoms with Crippen molar-refractivity contribution in [1.82, 2.24) is 14.3 Å². The van der Waals surface area contributed by atoms with Crippen LogP contribution in [0.25, 0.3) is 0 Å². The molecule has 3 N–H and O–H groups in total. The Morgan fingerprint density at radius 3 is 2.61 bits per heavy atom. The largest absolute Gasteiger partial charge is 0.370 e. The average molecular weight is 255 g/mol. The molecule has 8 nitrogen and oxygen atoms in total. The van der Waals surface area contributed by atoms with Gasteiger partial charge in [0.25, 0.3) is 5.56 Å². The van der Waals surface area contributed by atoms with Gasteiger partial charge in [0.15, 0.2) is 0 Å². The Balaban J connectivity index is 2.61. The highest BCUT2D eigenvalue weighted by Crippen LogP contribution is 1.96. The minimum Gasteiger partial charge on any atom is -0.370 e. The third-order valence-electron chi connectivity index (χ3n) is 2.46. The number of nitrogens with two attached hydrogens (primary N) is 1. The minimum atomic E-state index is -0.473. The van der Waals surface area contributed by atoms with Crippen LogP contribution in [0, 0.1) is 0 Å². The van der Waals surface area contributed by atoms with Crippen LogP contribution in [0.1, 0.15) is 19.3 Å². The normalized spacial score (nSPS) is 10.3. The second kappa shape index (κ2) is 5.99. The van der Waals surface area contributed by atoms with Crippen LogP contribution in [0.4, 0.5) is 5.82 Å². The van der Waals surface area contributed by atoms with Crippen molar-refractivity contribution in [3.63, 3.8) is 0 Å². The molecule has 0 spiro atoms. The molecule has 0 atom stereocenters. The fourth-order valence-corrected chi connectivity index (χ4v) is 1.44. The molecule has 0 fully saturated rings. The van der Waals surface area contributed by atoms with Gasteiger partial charge in [-0.25, -0.2) is 9.48 Å². The highest BCUT2D eigenvalue weighted by atomic mass is 16.2. The van der Waals surface area contributed by atoms with Crippen LogP contribution < -0.4 is 22.3 Å². The fraction of sp³-hybridized carbons (Fsp3) is 0.600. The van der Waals surface area contributed by atoms with Crippen LogP contribution in [0.5, 0.6) is 0 Å². The van der Waals surface area contributed by atoms with Crippen LogP contribution in [-0.2, 0) is 18.9 Å². The van der Waals surface area contributed by atoms with E-state index < -0.39 is 11.2 Å². The smallest absolute Gasteiger partial charge is 0.346 e. The molecule has 0 bridgehead atoms. The van der Waals surface area contributed by atoms with Gasteiger partial charge in [0.1, 0.15) is 0 Å². The maximum absolute atomic E-state index is 11.7. The first kappa shape index (κ1) is 13.9. The standard InChI is InChI=1S/C10H17N5O3/c1-14-9(17)8(13-15(2)10(14)18)12-6-4-3-5-7(11)16/h3-6H2,1-2H3,(H2,11,16)(H,12,13). The lowest BCUT2D eigenvalue weighted by atomic mass is 10.2. The number of primary amides is 1. The maximum Gasteiger partial charge on any atom is 0.346 e. The lowest BCUT2D eigenvalue weighted by Gasteiger charge is -2.07. The van der Waals surface area contributed by atoms with Crippen molar-refractivity contribution in [2.75, 3.05) is 11.9 Å². The molecule has 0 aromatic carbocycles. The van der Waals surface area contributed by atoms with Crippen molar-refractivity contribution >= 4 is 11.7 Å². The number of hydrogen-bond donors (Lipinski definition) is 2. The Morgan fingerprint density at radius 2 is 2.00 bits per heavy atom. The van der Waals surface area contributed by atoms with E-state index in [4.69, 9.17) is 5.73 Å². The van der Waals surface area contributed by atoms with Gasteiger partial charge >= 0.3 is 5.69 Å². The molecule has 0 aliphatic carbocycles. The summed E-state index contributed by atoms with van der Waals surface area (Å²) in [5, 5.41) is 6.67. The van der Waals surface area contributed by atoms with E-state index in [0.29, 0.717) is 25.8 Å². The molecule has 0 aliphatic heterocycles. The number of rotatable bonds is 6. The summed E-state index contributed by atoms with van der Waals surface area (Å²) in [4.78, 5) is 33.6. The number of hydrogen-bond acceptors (Lipinski definition) is 5. The summed E-state index contributed by atoms with van der Waals surface area (Å²) in [7, 11) is 2.87. The Labute approximate surface area is 103 Å². The number of nitrogens with zero attached hydrogens (tertiary/aromatic N) is 3. The quantitative estimate of drug-likeness (QED) is 0.604. The summed E-state index contributed by atoms with van der Waals surface area (Å²) < 4.78 is 2.08. The number of nitrogens with one attached hydrogen (secondary N) is 1. The molecule has 1 amide bonds. The Hall–Kier alpha value is -2.12. The van der Waals surface area contributed by atoms with Crippen LogP contribution >= 0.6 is 0 Å². The van der Waals surface area contributed by atoms with Crippen molar-refractivity contribution in [2.24, 2.45) is 19.8 Å². The summed E-state index contributed by atoms with van der Waals surface area (Å²) in [5.74, 6) is -0.218. The topological polar surface area (TPSA) is 112 Å². The van der Waals surface area contributed by atoms with Gasteiger partial charge in [0.05, 0.1) is 0 Å². The molecule has 8 heteroatoms. The van der Waals surface area contributed by atoms with Crippen molar-refractivity contribution in [2.45, 2.75) is 19.3 Å². The third kappa shape index (κ3) is 3.44. The van der Waals surface area contributed by atoms with E-state index in [2.05, 4.69) is 10.4 Å². The lowest BCUT2D eigenvalue weighted by Crippen LogP contribution is -2.40. The van der Waals surface area contributed by atoms with Crippen LogP contribution in [-0.4, -0.2) is 26.8 Å². The highest BCUT2D eigenvalue weighted by molar-refractivity contribution is 5.73. The first-order valence-electron chi connectivity index (χ1n) is 5.60. The summed E-state index contributed by atoms with van der Waals surface area (Å²) in [6, 6.07) is 0. The Morgan fingerprint density at radius 1 is 1.33 bits per heavy atom. The molecule has 18 heavy (non-hydrogen) atoms. The number of carbonyl (C=O) groups is 1. The van der Waals surface area contributed by atoms with Gasteiger partial charge in [-0.1, -0.05) is 0 Å². The predicted molar refractivity (Wildman–Crippen MR) is 66.3 cm³/mol. The Kier molecular flexibility index (Phi) is 4.64. The molecule has 0 radical (unpaired) electrons. The highest BCUT2D eigenvalue weighted by Gasteiger charge is 2.07. The average Bonchev–Trinajstić information content (AvgIpc) is 2.32. The maximum atomic E-state index is 11.7. The van der Waals surface area contributed by atoms with Gasteiger partial charge in [-0.05, 0) is 12.8 Å². The second-order valence-corrected chi connectivity index (χ2v) is 3.97. The monoisotopic (exact) mass is 255 g/mol. The van der Waals surface area contributed by atoms with Gasteiger partial charge in [-0.3, -0.25) is 14.2 Å². The van der Waals surface area contributed by atoms with Gasteiger partial charge in [0.2, 0.25) is 11.7 Å². The van der Waals surface area contributed by atoms with Gasteiger partial charge in [-0.2, -0.15) is 0 Å². The molecule has 0 saturated carbocycles. The van der Waals surface area contributed by atoms with Crippen LogP contribution in [0.15, 0.2) is 9.59 Å². The predicted octanol–water partition coefficient (Wildman–Crippen LogP) is -1.45. The van der Waals surface area contributed by atoms with Crippen LogP contribution in [0.2, 0.25) is 0 Å². The van der Waals surface area contributed by atoms with Crippen LogP contribution in [0.3, 0.4) is 0 Å². The van der Waals surface area contributed by atoms with E-state index in [0.717, 1.165) is 9.25 Å². The summed E-state index contributed by atoms with van der Waals surface area (Å²) >= 11 is 0. The molecule has 0 saturated heterocycles. The molecule has 1 rings (SSSR count). The van der Waals surface area contributed by atoms with E-state index >= 15 is 0 Å². The molecule has 0 unspecified atom stereocenters. The first-order chi connectivity index (χ1) is 8.43. The van der Waals surface area contributed by atoms with E-state index in [-0.39, 0.29) is 11.7 Å². The van der Waals surface area contributed by atoms with Gasteiger partial charge in [-0.15, -0.1) is 5.10 Å². The number of aromatic nitrogens is 3. The van der Waals surface area contributed by atoms with Crippen molar-refractivity contribution in [3.8, 4) is 0 Å². The van der Waals surface area contributed by atoms with Crippen molar-refractivity contribution < 1.29 is 4.79 Å². The third-order valence-corrected chi connectivity index (χ3v) is 2.46. The van der Waals surface area contributed by atoms with Crippen molar-refractivity contribution in [3.05, 3.63) is 20.8 Å². The lowest BCUT2D eigenvalue weighted by molar-refractivity contribution is -0.118. The zero-order chi connectivity index (χ0) is 13.7. The minimum absolute atomic E-state index is 0.124. The number of amides is 1. The zero-order valence-electron chi connectivity index (χ0n) is 10.5. The molecule has 1 aromatic rings. The molecule has 1 aromatic heterocycles. The number of aryl methyl sites for hydroxylation is 1.